The highest BCUT2D eigenvalue weighted by molar-refractivity contribution is 5.69. The van der Waals surface area contributed by atoms with E-state index in [2.05, 4.69) is 58.5 Å². The van der Waals surface area contributed by atoms with Gasteiger partial charge in [-0.3, -0.25) is 0 Å². The van der Waals surface area contributed by atoms with Gasteiger partial charge < -0.3 is 9.80 Å². The average Bonchev–Trinajstić information content (AvgIpc) is 2.77. The Labute approximate surface area is 118 Å². The summed E-state index contributed by atoms with van der Waals surface area (Å²) in [7, 11) is 4.33. The molecular formula is C17H28N2. The number of rotatable bonds is 3. The van der Waals surface area contributed by atoms with Crippen LogP contribution in [0.15, 0.2) is 0 Å². The molecule has 1 aromatic rings. The molecule has 0 saturated carbocycles. The number of fused-ring (bicyclic) bond motifs is 1. The van der Waals surface area contributed by atoms with Gasteiger partial charge in [0.2, 0.25) is 0 Å². The molecule has 1 unspecified atom stereocenters. The Kier molecular flexibility index (Phi) is 3.91. The summed E-state index contributed by atoms with van der Waals surface area (Å²) in [5.41, 5.74) is 9.07. The largest absolute Gasteiger partial charge is 0.369 e. The summed E-state index contributed by atoms with van der Waals surface area (Å²) in [6, 6.07) is 0.590. The molecule has 0 fully saturated rings. The van der Waals surface area contributed by atoms with Gasteiger partial charge in [0.15, 0.2) is 0 Å². The topological polar surface area (TPSA) is 6.48 Å². The van der Waals surface area contributed by atoms with E-state index < -0.39 is 0 Å². The molecule has 1 aromatic carbocycles. The summed E-state index contributed by atoms with van der Waals surface area (Å²) in [5, 5.41) is 0. The second kappa shape index (κ2) is 5.16. The Morgan fingerprint density at radius 3 is 2.16 bits per heavy atom. The second-order valence-corrected chi connectivity index (χ2v) is 6.34. The monoisotopic (exact) mass is 260 g/mol. The fourth-order valence-electron chi connectivity index (χ4n) is 3.13. The maximum Gasteiger partial charge on any atom is 0.0435 e. The van der Waals surface area contributed by atoms with Crippen LogP contribution in [0.4, 0.5) is 5.69 Å². The molecule has 0 radical (unpaired) electrons. The van der Waals surface area contributed by atoms with E-state index >= 15 is 0 Å². The lowest BCUT2D eigenvalue weighted by Crippen LogP contribution is -2.38. The van der Waals surface area contributed by atoms with Crippen LogP contribution in [0.25, 0.3) is 0 Å². The lowest BCUT2D eigenvalue weighted by atomic mass is 9.92. The summed E-state index contributed by atoms with van der Waals surface area (Å²) in [6.45, 7) is 13.7. The average molecular weight is 260 g/mol. The van der Waals surface area contributed by atoms with E-state index in [-0.39, 0.29) is 0 Å². The Morgan fingerprint density at radius 2 is 1.58 bits per heavy atom. The van der Waals surface area contributed by atoms with E-state index in [1.807, 2.05) is 0 Å². The van der Waals surface area contributed by atoms with Gasteiger partial charge in [0.25, 0.3) is 0 Å². The zero-order chi connectivity index (χ0) is 14.3. The van der Waals surface area contributed by atoms with Gasteiger partial charge in [0.05, 0.1) is 0 Å². The molecule has 19 heavy (non-hydrogen) atoms. The third kappa shape index (κ3) is 2.38. The highest BCUT2D eigenvalue weighted by Gasteiger charge is 2.26. The molecule has 1 heterocycles. The molecule has 106 valence electrons. The van der Waals surface area contributed by atoms with Crippen LogP contribution < -0.4 is 4.90 Å². The number of benzene rings is 1. The number of hydrogen-bond acceptors (Lipinski definition) is 2. The molecular weight excluding hydrogens is 232 g/mol. The van der Waals surface area contributed by atoms with Crippen LogP contribution in [0, 0.1) is 27.7 Å². The molecule has 1 aliphatic rings. The molecule has 0 saturated heterocycles. The molecule has 0 amide bonds. The van der Waals surface area contributed by atoms with Crippen molar-refractivity contribution in [1.82, 2.24) is 4.90 Å². The maximum absolute atomic E-state index is 2.59. The van der Waals surface area contributed by atoms with Crippen LogP contribution in [0.1, 0.15) is 34.7 Å². The predicted molar refractivity (Wildman–Crippen MR) is 84.5 cm³/mol. The summed E-state index contributed by atoms with van der Waals surface area (Å²) in [6.07, 6.45) is 1.21. The van der Waals surface area contributed by atoms with Crippen molar-refractivity contribution in [3.63, 3.8) is 0 Å². The first-order chi connectivity index (χ1) is 8.84. The fourth-order valence-corrected chi connectivity index (χ4v) is 3.13. The molecule has 0 aromatic heterocycles. The molecule has 0 N–H and O–H groups in total. The lowest BCUT2D eigenvalue weighted by Gasteiger charge is -2.29. The molecule has 1 atom stereocenters. The fraction of sp³-hybridized carbons (Fsp3) is 0.647. The van der Waals surface area contributed by atoms with E-state index in [9.17, 15) is 0 Å². The van der Waals surface area contributed by atoms with Gasteiger partial charge in [-0.05, 0) is 83.0 Å². The van der Waals surface area contributed by atoms with Gasteiger partial charge in [0.1, 0.15) is 0 Å². The Balaban J connectivity index is 2.40. The third-order valence-electron chi connectivity index (χ3n) is 5.10. The van der Waals surface area contributed by atoms with Crippen molar-refractivity contribution in [3.8, 4) is 0 Å². The van der Waals surface area contributed by atoms with Crippen molar-refractivity contribution in [2.75, 3.05) is 32.1 Å². The summed E-state index contributed by atoms with van der Waals surface area (Å²) >= 11 is 0. The minimum Gasteiger partial charge on any atom is -0.369 e. The smallest absolute Gasteiger partial charge is 0.0435 e. The lowest BCUT2D eigenvalue weighted by molar-refractivity contribution is 0.316. The highest BCUT2D eigenvalue weighted by Crippen LogP contribution is 2.38. The molecule has 0 spiro atoms. The Morgan fingerprint density at radius 1 is 1.00 bits per heavy atom. The zero-order valence-electron chi connectivity index (χ0n) is 13.6. The normalized spacial score (nSPS) is 16.1. The van der Waals surface area contributed by atoms with Gasteiger partial charge >= 0.3 is 0 Å². The molecule has 1 aliphatic heterocycles. The van der Waals surface area contributed by atoms with Crippen molar-refractivity contribution < 1.29 is 0 Å². The minimum atomic E-state index is 0.590. The van der Waals surface area contributed by atoms with Crippen LogP contribution in [0.3, 0.4) is 0 Å². The van der Waals surface area contributed by atoms with E-state index in [1.165, 1.54) is 40.9 Å². The Bertz CT molecular complexity index is 489. The number of likely N-dealkylation sites (N-methyl/N-ethyl adjacent to an activating group) is 1. The van der Waals surface area contributed by atoms with Crippen LogP contribution >= 0.6 is 0 Å². The standard InChI is InChI=1S/C17H28N2/c1-11(18(6)7)10-19-9-8-16-14(4)12(2)13(3)15(5)17(16)19/h11H,8-10H2,1-7H3. The minimum absolute atomic E-state index is 0.590. The molecule has 2 rings (SSSR count). The third-order valence-corrected chi connectivity index (χ3v) is 5.10. The molecule has 2 nitrogen and oxygen atoms in total. The predicted octanol–water partition coefficient (Wildman–Crippen LogP) is 3.23. The summed E-state index contributed by atoms with van der Waals surface area (Å²) in [4.78, 5) is 4.90. The number of anilines is 1. The highest BCUT2D eigenvalue weighted by atomic mass is 15.2. The van der Waals surface area contributed by atoms with E-state index in [0.29, 0.717) is 6.04 Å². The van der Waals surface area contributed by atoms with E-state index in [0.717, 1.165) is 6.54 Å². The second-order valence-electron chi connectivity index (χ2n) is 6.34. The van der Waals surface area contributed by atoms with Crippen molar-refractivity contribution >= 4 is 5.69 Å². The van der Waals surface area contributed by atoms with Gasteiger partial charge in [-0.2, -0.15) is 0 Å². The SMILES string of the molecule is Cc1c(C)c(C)c2c(c1C)CCN2CC(C)N(C)C. The van der Waals surface area contributed by atoms with Gasteiger partial charge in [-0.25, -0.2) is 0 Å². The van der Waals surface area contributed by atoms with E-state index in [4.69, 9.17) is 0 Å². The Hall–Kier alpha value is -1.02. The van der Waals surface area contributed by atoms with Gasteiger partial charge in [-0.1, -0.05) is 0 Å². The van der Waals surface area contributed by atoms with Crippen LogP contribution in [0.2, 0.25) is 0 Å². The first kappa shape index (κ1) is 14.4. The first-order valence-corrected chi connectivity index (χ1v) is 7.35. The number of nitrogens with zero attached hydrogens (tertiary/aromatic N) is 2. The van der Waals surface area contributed by atoms with E-state index in [1.54, 1.807) is 5.56 Å². The molecule has 0 aliphatic carbocycles. The number of hydrogen-bond donors (Lipinski definition) is 0. The maximum atomic E-state index is 2.59. The van der Waals surface area contributed by atoms with Crippen LogP contribution in [-0.2, 0) is 6.42 Å². The molecule has 0 bridgehead atoms. The zero-order valence-corrected chi connectivity index (χ0v) is 13.6. The van der Waals surface area contributed by atoms with Crippen molar-refractivity contribution in [1.29, 1.82) is 0 Å². The van der Waals surface area contributed by atoms with Gasteiger partial charge in [-0.15, -0.1) is 0 Å². The summed E-state index contributed by atoms with van der Waals surface area (Å²) < 4.78 is 0. The van der Waals surface area contributed by atoms with Crippen molar-refractivity contribution in [2.45, 2.75) is 47.1 Å². The van der Waals surface area contributed by atoms with Crippen LogP contribution in [-0.4, -0.2) is 38.1 Å². The van der Waals surface area contributed by atoms with Crippen molar-refractivity contribution in [3.05, 3.63) is 27.8 Å². The quantitative estimate of drug-likeness (QED) is 0.823. The first-order valence-electron chi connectivity index (χ1n) is 7.35. The van der Waals surface area contributed by atoms with Crippen molar-refractivity contribution in [2.24, 2.45) is 0 Å². The van der Waals surface area contributed by atoms with Gasteiger partial charge in [0, 0.05) is 24.8 Å². The van der Waals surface area contributed by atoms with Crippen LogP contribution in [0.5, 0.6) is 0 Å². The molecule has 2 heteroatoms. The summed E-state index contributed by atoms with van der Waals surface area (Å²) in [5.74, 6) is 0.